The molecule has 0 aliphatic carbocycles. The Kier molecular flexibility index (Phi) is 5.31. The van der Waals surface area contributed by atoms with Gasteiger partial charge in [0.1, 0.15) is 11.3 Å². The molecule has 0 unspecified atom stereocenters. The van der Waals surface area contributed by atoms with Crippen molar-refractivity contribution in [1.82, 2.24) is 24.5 Å². The number of nitrogens with zero attached hydrogens (tertiary/aromatic N) is 5. The van der Waals surface area contributed by atoms with E-state index in [0.717, 1.165) is 0 Å². The maximum absolute atomic E-state index is 13.4. The van der Waals surface area contributed by atoms with Crippen molar-refractivity contribution < 1.29 is 18.7 Å². The molecule has 0 aliphatic rings. The van der Waals surface area contributed by atoms with Crippen LogP contribution in [-0.2, 0) is 6.54 Å². The molecule has 2 aromatic heterocycles. The molecule has 10 nitrogen and oxygen atoms in total. The second-order valence-corrected chi connectivity index (χ2v) is 6.40. The van der Waals surface area contributed by atoms with Crippen LogP contribution in [0.5, 0.6) is 12.0 Å². The van der Waals surface area contributed by atoms with Crippen LogP contribution in [0.25, 0.3) is 17.0 Å². The first-order valence-electron chi connectivity index (χ1n) is 9.14. The zero-order chi connectivity index (χ0) is 22.0. The molecule has 31 heavy (non-hydrogen) atoms. The number of benzene rings is 2. The molecule has 0 spiro atoms. The zero-order valence-corrected chi connectivity index (χ0v) is 16.7. The Bertz CT molecular complexity index is 1280. The molecular weight excluding hydrogens is 405 g/mol. The molecule has 0 saturated heterocycles. The lowest BCUT2D eigenvalue weighted by molar-refractivity contribution is 0.100. The molecule has 0 saturated carbocycles. The van der Waals surface area contributed by atoms with E-state index in [1.807, 2.05) is 0 Å². The number of nitrogens with one attached hydrogen (secondary N) is 1. The normalized spacial score (nSPS) is 10.8. The summed E-state index contributed by atoms with van der Waals surface area (Å²) in [5.41, 5.74) is 7.27. The van der Waals surface area contributed by atoms with Crippen LogP contribution in [0.2, 0.25) is 0 Å². The monoisotopic (exact) mass is 423 g/mol. The minimum atomic E-state index is -0.622. The van der Waals surface area contributed by atoms with Gasteiger partial charge in [-0.2, -0.15) is 19.9 Å². The maximum Gasteiger partial charge on any atom is 0.322 e. The summed E-state index contributed by atoms with van der Waals surface area (Å²) in [4.78, 5) is 29.0. The first kappa shape index (κ1) is 20.0. The van der Waals surface area contributed by atoms with Crippen molar-refractivity contribution in [3.8, 4) is 18.0 Å². The molecule has 0 aliphatic heterocycles. The Morgan fingerprint density at radius 2 is 1.90 bits per heavy atom. The highest BCUT2D eigenvalue weighted by Gasteiger charge is 2.21. The number of nitrogens with two attached hydrogens (primary N) is 1. The number of amides is 1. The molecule has 0 fully saturated rings. The van der Waals surface area contributed by atoms with E-state index in [2.05, 4.69) is 25.3 Å². The molecule has 4 rings (SSSR count). The standard InChI is InChI=1S/C20H18FN7O3/c1-30-19-26-17(23-10-11-5-3-6-12(21)9-11)25-18(27-19)28-14-8-4-7-13(16(22)29)15(14)24-20(28)31-2/h3-9H,10H2,1-2H3,(H2,22,29)(H,23,25,26,27). The number of carbonyl (C=O) groups excluding carboxylic acids is 1. The number of hydrogen-bond acceptors (Lipinski definition) is 8. The van der Waals surface area contributed by atoms with Crippen molar-refractivity contribution in [2.75, 3.05) is 19.5 Å². The van der Waals surface area contributed by atoms with Crippen molar-refractivity contribution >= 4 is 22.9 Å². The van der Waals surface area contributed by atoms with E-state index in [1.165, 1.54) is 30.9 Å². The van der Waals surface area contributed by atoms with Crippen LogP contribution in [0.4, 0.5) is 10.3 Å². The Morgan fingerprint density at radius 1 is 1.10 bits per heavy atom. The van der Waals surface area contributed by atoms with Gasteiger partial charge in [-0.3, -0.25) is 4.79 Å². The van der Waals surface area contributed by atoms with Crippen LogP contribution >= 0.6 is 0 Å². The summed E-state index contributed by atoms with van der Waals surface area (Å²) in [6.07, 6.45) is 0. The number of hydrogen-bond donors (Lipinski definition) is 2. The number of para-hydroxylation sites is 1. The molecule has 1 amide bonds. The zero-order valence-electron chi connectivity index (χ0n) is 16.7. The lowest BCUT2D eigenvalue weighted by Crippen LogP contribution is -2.12. The summed E-state index contributed by atoms with van der Waals surface area (Å²) in [5, 5.41) is 3.02. The van der Waals surface area contributed by atoms with Crippen LogP contribution < -0.4 is 20.5 Å². The molecule has 0 radical (unpaired) electrons. The van der Waals surface area contributed by atoms with Gasteiger partial charge in [0.05, 0.1) is 25.3 Å². The second-order valence-electron chi connectivity index (χ2n) is 6.40. The average Bonchev–Trinajstić information content (AvgIpc) is 3.16. The Hall–Kier alpha value is -4.28. The van der Waals surface area contributed by atoms with Crippen molar-refractivity contribution in [1.29, 1.82) is 0 Å². The first-order chi connectivity index (χ1) is 15.0. The first-order valence-corrected chi connectivity index (χ1v) is 9.14. The fraction of sp³-hybridized carbons (Fsp3) is 0.150. The predicted molar refractivity (Wildman–Crippen MR) is 110 cm³/mol. The molecule has 3 N–H and O–H groups in total. The average molecular weight is 423 g/mol. The Labute approximate surface area is 175 Å². The van der Waals surface area contributed by atoms with E-state index in [9.17, 15) is 9.18 Å². The fourth-order valence-corrected chi connectivity index (χ4v) is 3.05. The quantitative estimate of drug-likeness (QED) is 0.462. The van der Waals surface area contributed by atoms with Gasteiger partial charge in [0, 0.05) is 6.54 Å². The third-order valence-corrected chi connectivity index (χ3v) is 4.43. The van der Waals surface area contributed by atoms with E-state index in [1.54, 1.807) is 30.3 Å². The van der Waals surface area contributed by atoms with Gasteiger partial charge in [0.25, 0.3) is 5.91 Å². The minimum Gasteiger partial charge on any atom is -0.468 e. The highest BCUT2D eigenvalue weighted by Crippen LogP contribution is 2.27. The summed E-state index contributed by atoms with van der Waals surface area (Å²) >= 11 is 0. The topological polar surface area (TPSA) is 130 Å². The number of anilines is 1. The molecule has 2 aromatic carbocycles. The van der Waals surface area contributed by atoms with E-state index in [0.29, 0.717) is 16.6 Å². The third-order valence-electron chi connectivity index (χ3n) is 4.43. The Morgan fingerprint density at radius 3 is 2.61 bits per heavy atom. The molecule has 0 atom stereocenters. The molecule has 0 bridgehead atoms. The SMILES string of the molecule is COc1nc(NCc2cccc(F)c2)nc(-n2c(OC)nc3c(C(N)=O)cccc32)n1. The van der Waals surface area contributed by atoms with E-state index in [4.69, 9.17) is 15.2 Å². The van der Waals surface area contributed by atoms with E-state index < -0.39 is 5.91 Å². The summed E-state index contributed by atoms with van der Waals surface area (Å²) in [5.74, 6) is -0.618. The number of ether oxygens (including phenoxy) is 2. The second kappa shape index (κ2) is 8.22. The third kappa shape index (κ3) is 3.92. The van der Waals surface area contributed by atoms with Gasteiger partial charge < -0.3 is 20.5 Å². The fourth-order valence-electron chi connectivity index (χ4n) is 3.05. The van der Waals surface area contributed by atoms with Crippen molar-refractivity contribution in [3.63, 3.8) is 0 Å². The van der Waals surface area contributed by atoms with Crippen LogP contribution in [0.15, 0.2) is 42.5 Å². The van der Waals surface area contributed by atoms with Gasteiger partial charge in [-0.1, -0.05) is 18.2 Å². The van der Waals surface area contributed by atoms with E-state index in [-0.39, 0.29) is 41.8 Å². The van der Waals surface area contributed by atoms with Crippen LogP contribution in [0.1, 0.15) is 15.9 Å². The molecule has 4 aromatic rings. The van der Waals surface area contributed by atoms with Gasteiger partial charge in [-0.25, -0.2) is 8.96 Å². The smallest absolute Gasteiger partial charge is 0.322 e. The van der Waals surface area contributed by atoms with E-state index >= 15 is 0 Å². The molecule has 158 valence electrons. The lowest BCUT2D eigenvalue weighted by atomic mass is 10.2. The maximum atomic E-state index is 13.4. The van der Waals surface area contributed by atoms with Crippen molar-refractivity contribution in [2.45, 2.75) is 6.54 Å². The van der Waals surface area contributed by atoms with Crippen molar-refractivity contribution in [2.24, 2.45) is 5.73 Å². The number of halogens is 1. The number of rotatable bonds is 7. The van der Waals surface area contributed by atoms with Crippen LogP contribution in [0, 0.1) is 5.82 Å². The largest absolute Gasteiger partial charge is 0.468 e. The Balaban J connectivity index is 1.79. The van der Waals surface area contributed by atoms with Gasteiger partial charge in [0.2, 0.25) is 11.9 Å². The molecule has 11 heteroatoms. The number of imidazole rings is 1. The lowest BCUT2D eigenvalue weighted by Gasteiger charge is -2.10. The number of fused-ring (bicyclic) bond motifs is 1. The van der Waals surface area contributed by atoms with Crippen LogP contribution in [-0.4, -0.2) is 44.6 Å². The minimum absolute atomic E-state index is 0.0432. The van der Waals surface area contributed by atoms with Gasteiger partial charge in [-0.05, 0) is 29.8 Å². The number of carbonyl (C=O) groups is 1. The number of aromatic nitrogens is 5. The summed E-state index contributed by atoms with van der Waals surface area (Å²) in [6, 6.07) is 11.3. The molecular formula is C20H18FN7O3. The summed E-state index contributed by atoms with van der Waals surface area (Å²) in [6.45, 7) is 0.276. The summed E-state index contributed by atoms with van der Waals surface area (Å²) < 4.78 is 25.5. The highest BCUT2D eigenvalue weighted by molar-refractivity contribution is 6.04. The van der Waals surface area contributed by atoms with Gasteiger partial charge in [-0.15, -0.1) is 0 Å². The molecule has 2 heterocycles. The van der Waals surface area contributed by atoms with Gasteiger partial charge >= 0.3 is 12.0 Å². The highest BCUT2D eigenvalue weighted by atomic mass is 19.1. The summed E-state index contributed by atoms with van der Waals surface area (Å²) in [7, 11) is 2.85. The predicted octanol–water partition coefficient (Wildman–Crippen LogP) is 2.08. The number of primary amides is 1. The van der Waals surface area contributed by atoms with Crippen molar-refractivity contribution in [3.05, 3.63) is 59.4 Å². The number of methoxy groups -OCH3 is 2. The van der Waals surface area contributed by atoms with Gasteiger partial charge in [0.15, 0.2) is 0 Å². The van der Waals surface area contributed by atoms with Crippen LogP contribution in [0.3, 0.4) is 0 Å².